The Morgan fingerprint density at radius 2 is 1.60 bits per heavy atom. The molecule has 222 valence electrons. The van der Waals surface area contributed by atoms with Crippen LogP contribution in [0.5, 0.6) is 17.2 Å². The molecule has 3 aromatic carbocycles. The van der Waals surface area contributed by atoms with Gasteiger partial charge in [0.1, 0.15) is 11.6 Å². The SMILES string of the molecule is CCCCn1c(-c2ccccc2)nc(C(F)(F)F)c1CN(Cc1ccc(OC(F)F)cc1)Cc1ccc2c(c1)OCO2. The summed E-state index contributed by atoms with van der Waals surface area (Å²) in [5.74, 6) is 1.43. The van der Waals surface area contributed by atoms with E-state index in [2.05, 4.69) is 9.72 Å². The van der Waals surface area contributed by atoms with Crippen LogP contribution >= 0.6 is 0 Å². The van der Waals surface area contributed by atoms with Gasteiger partial charge in [-0.05, 0) is 41.8 Å². The zero-order chi connectivity index (χ0) is 29.7. The van der Waals surface area contributed by atoms with Crippen molar-refractivity contribution in [2.24, 2.45) is 0 Å². The number of ether oxygens (including phenoxy) is 3. The summed E-state index contributed by atoms with van der Waals surface area (Å²) in [5, 5.41) is 0. The van der Waals surface area contributed by atoms with Crippen molar-refractivity contribution in [2.75, 3.05) is 6.79 Å². The molecule has 0 atom stereocenters. The second-order valence-corrected chi connectivity index (χ2v) is 9.95. The highest BCUT2D eigenvalue weighted by Crippen LogP contribution is 2.37. The number of rotatable bonds is 12. The fourth-order valence-corrected chi connectivity index (χ4v) is 4.95. The third-order valence-corrected chi connectivity index (χ3v) is 6.88. The molecule has 0 amide bonds. The van der Waals surface area contributed by atoms with E-state index in [0.29, 0.717) is 35.6 Å². The number of imidazole rings is 1. The van der Waals surface area contributed by atoms with Crippen LogP contribution in [0.25, 0.3) is 11.4 Å². The lowest BCUT2D eigenvalue weighted by Crippen LogP contribution is -2.26. The first-order valence-electron chi connectivity index (χ1n) is 13.6. The normalized spacial score (nSPS) is 12.9. The Morgan fingerprint density at radius 1 is 0.905 bits per heavy atom. The first-order chi connectivity index (χ1) is 20.2. The Hall–Kier alpha value is -4.12. The molecule has 1 aliphatic heterocycles. The van der Waals surface area contributed by atoms with Crippen LogP contribution in [0.4, 0.5) is 22.0 Å². The predicted molar refractivity (Wildman–Crippen MR) is 146 cm³/mol. The number of fused-ring (bicyclic) bond motifs is 1. The summed E-state index contributed by atoms with van der Waals surface area (Å²) in [4.78, 5) is 6.01. The highest BCUT2D eigenvalue weighted by atomic mass is 19.4. The number of halogens is 5. The van der Waals surface area contributed by atoms with E-state index in [0.717, 1.165) is 12.0 Å². The maximum Gasteiger partial charge on any atom is 0.435 e. The van der Waals surface area contributed by atoms with Gasteiger partial charge < -0.3 is 18.8 Å². The van der Waals surface area contributed by atoms with Gasteiger partial charge in [0.05, 0.1) is 5.69 Å². The second kappa shape index (κ2) is 12.8. The number of alkyl halides is 5. The quantitative estimate of drug-likeness (QED) is 0.158. The van der Waals surface area contributed by atoms with Crippen LogP contribution in [0.1, 0.15) is 42.3 Å². The average Bonchev–Trinajstić information content (AvgIpc) is 3.57. The molecule has 0 unspecified atom stereocenters. The minimum absolute atomic E-state index is 0.000531. The molecule has 0 saturated carbocycles. The number of nitrogens with zero attached hydrogens (tertiary/aromatic N) is 3. The van der Waals surface area contributed by atoms with Crippen LogP contribution in [0.2, 0.25) is 0 Å². The summed E-state index contributed by atoms with van der Waals surface area (Å²) >= 11 is 0. The molecule has 0 bridgehead atoms. The Kier molecular flexibility index (Phi) is 8.96. The van der Waals surface area contributed by atoms with Gasteiger partial charge in [-0.15, -0.1) is 0 Å². The van der Waals surface area contributed by atoms with Gasteiger partial charge in [0.25, 0.3) is 0 Å². The van der Waals surface area contributed by atoms with E-state index < -0.39 is 18.5 Å². The average molecular weight is 588 g/mol. The van der Waals surface area contributed by atoms with Crippen LogP contribution in [0.15, 0.2) is 72.8 Å². The van der Waals surface area contributed by atoms with Crippen LogP contribution in [0, 0.1) is 0 Å². The number of hydrogen-bond acceptors (Lipinski definition) is 5. The van der Waals surface area contributed by atoms with E-state index >= 15 is 0 Å². The molecular formula is C31H30F5N3O3. The minimum atomic E-state index is -4.67. The van der Waals surface area contributed by atoms with Crippen LogP contribution in [-0.2, 0) is 32.4 Å². The Bertz CT molecular complexity index is 1470. The fourth-order valence-electron chi connectivity index (χ4n) is 4.95. The molecule has 42 heavy (non-hydrogen) atoms. The monoisotopic (exact) mass is 587 g/mol. The van der Waals surface area contributed by atoms with Gasteiger partial charge in [0.2, 0.25) is 6.79 Å². The Morgan fingerprint density at radius 3 is 2.29 bits per heavy atom. The van der Waals surface area contributed by atoms with E-state index in [1.807, 2.05) is 24.0 Å². The molecule has 5 rings (SSSR count). The Labute approximate surface area is 240 Å². The van der Waals surface area contributed by atoms with Gasteiger partial charge in [0, 0.05) is 31.7 Å². The van der Waals surface area contributed by atoms with Crippen molar-refractivity contribution < 1.29 is 36.2 Å². The maximum absolute atomic E-state index is 14.5. The van der Waals surface area contributed by atoms with Crippen molar-refractivity contribution >= 4 is 0 Å². The first-order valence-corrected chi connectivity index (χ1v) is 13.6. The van der Waals surface area contributed by atoms with Crippen molar-refractivity contribution in [3.05, 3.63) is 95.3 Å². The summed E-state index contributed by atoms with van der Waals surface area (Å²) < 4.78 is 85.8. The van der Waals surface area contributed by atoms with Crippen LogP contribution in [-0.4, -0.2) is 27.9 Å². The van der Waals surface area contributed by atoms with Crippen molar-refractivity contribution in [1.82, 2.24) is 14.5 Å². The van der Waals surface area contributed by atoms with Gasteiger partial charge in [-0.3, -0.25) is 4.90 Å². The van der Waals surface area contributed by atoms with Gasteiger partial charge in [-0.2, -0.15) is 22.0 Å². The van der Waals surface area contributed by atoms with Gasteiger partial charge in [-0.1, -0.05) is 61.9 Å². The first kappa shape index (κ1) is 29.4. The molecule has 0 aliphatic carbocycles. The van der Waals surface area contributed by atoms with Crippen LogP contribution in [0.3, 0.4) is 0 Å². The molecule has 11 heteroatoms. The standard InChI is InChI=1S/C31H30F5N3O3/c1-2-3-15-39-25(28(31(34,35)36)37-29(39)23-7-5-4-6-8-23)19-38(17-21-9-12-24(13-10-21)42-30(32)33)18-22-11-14-26-27(16-22)41-20-40-26/h4-14,16,30H,2-3,15,17-20H2,1H3. The van der Waals surface area contributed by atoms with Crippen molar-refractivity contribution in [3.8, 4) is 28.6 Å². The van der Waals surface area contributed by atoms with E-state index in [-0.39, 0.29) is 43.7 Å². The lowest BCUT2D eigenvalue weighted by molar-refractivity contribution is -0.141. The summed E-state index contributed by atoms with van der Waals surface area (Å²) in [7, 11) is 0. The largest absolute Gasteiger partial charge is 0.454 e. The maximum atomic E-state index is 14.5. The van der Waals surface area contributed by atoms with Gasteiger partial charge >= 0.3 is 12.8 Å². The smallest absolute Gasteiger partial charge is 0.435 e. The number of aromatic nitrogens is 2. The summed E-state index contributed by atoms with van der Waals surface area (Å²) in [6.07, 6.45) is -3.20. The zero-order valence-electron chi connectivity index (χ0n) is 22.9. The minimum Gasteiger partial charge on any atom is -0.454 e. The lowest BCUT2D eigenvalue weighted by Gasteiger charge is -2.25. The molecule has 6 nitrogen and oxygen atoms in total. The van der Waals surface area contributed by atoms with Gasteiger partial charge in [-0.25, -0.2) is 4.98 Å². The number of hydrogen-bond donors (Lipinski definition) is 0. The van der Waals surface area contributed by atoms with Crippen LogP contribution < -0.4 is 14.2 Å². The number of benzene rings is 3. The highest BCUT2D eigenvalue weighted by molar-refractivity contribution is 5.57. The van der Waals surface area contributed by atoms with Crippen molar-refractivity contribution in [2.45, 2.75) is 58.7 Å². The molecule has 1 aliphatic rings. The van der Waals surface area contributed by atoms with E-state index in [1.165, 1.54) is 12.1 Å². The molecule has 0 saturated heterocycles. The molecule has 0 N–H and O–H groups in total. The predicted octanol–water partition coefficient (Wildman–Crippen LogP) is 7.90. The van der Waals surface area contributed by atoms with Crippen molar-refractivity contribution in [1.29, 1.82) is 0 Å². The molecule has 0 spiro atoms. The fraction of sp³-hybridized carbons (Fsp3) is 0.323. The molecule has 1 aromatic heterocycles. The molecule has 0 radical (unpaired) electrons. The van der Waals surface area contributed by atoms with Crippen molar-refractivity contribution in [3.63, 3.8) is 0 Å². The van der Waals surface area contributed by atoms with Gasteiger partial charge in [0.15, 0.2) is 17.2 Å². The third kappa shape index (κ3) is 7.02. The van der Waals surface area contributed by atoms with E-state index in [9.17, 15) is 22.0 Å². The van der Waals surface area contributed by atoms with E-state index in [1.54, 1.807) is 53.1 Å². The molecule has 2 heterocycles. The second-order valence-electron chi connectivity index (χ2n) is 9.95. The third-order valence-electron chi connectivity index (χ3n) is 6.88. The lowest BCUT2D eigenvalue weighted by atomic mass is 10.1. The zero-order valence-corrected chi connectivity index (χ0v) is 22.9. The summed E-state index contributed by atoms with van der Waals surface area (Å²) in [5.41, 5.74) is 1.27. The summed E-state index contributed by atoms with van der Waals surface area (Å²) in [6.45, 7) is -0.0522. The number of unbranched alkanes of at least 4 members (excludes halogenated alkanes) is 1. The molecular weight excluding hydrogens is 557 g/mol. The molecule has 4 aromatic rings. The van der Waals surface area contributed by atoms with E-state index in [4.69, 9.17) is 9.47 Å². The summed E-state index contributed by atoms with van der Waals surface area (Å²) in [6, 6.07) is 20.4. The highest BCUT2D eigenvalue weighted by Gasteiger charge is 2.39. The molecule has 0 fully saturated rings. The topological polar surface area (TPSA) is 48.8 Å². The Balaban J connectivity index is 1.53.